The van der Waals surface area contributed by atoms with Crippen LogP contribution >= 0.6 is 11.6 Å². The second-order valence-electron chi connectivity index (χ2n) is 5.06. The van der Waals surface area contributed by atoms with Crippen LogP contribution in [0.4, 0.5) is 23.1 Å². The Morgan fingerprint density at radius 2 is 1.80 bits per heavy atom. The molecule has 0 fully saturated rings. The van der Waals surface area contributed by atoms with Gasteiger partial charge in [-0.3, -0.25) is 0 Å². The lowest BCUT2D eigenvalue weighted by atomic mass is 10.2. The molecule has 0 atom stereocenters. The summed E-state index contributed by atoms with van der Waals surface area (Å²) in [6, 6.07) is 16.0. The van der Waals surface area contributed by atoms with Crippen LogP contribution in [0.25, 0.3) is 0 Å². The molecule has 0 aliphatic heterocycles. The molecule has 0 radical (unpaired) electrons. The molecular formula is C18H15ClN4O2. The van der Waals surface area contributed by atoms with Crippen molar-refractivity contribution in [1.82, 2.24) is 9.97 Å². The van der Waals surface area contributed by atoms with Gasteiger partial charge in [0, 0.05) is 11.9 Å². The normalized spacial score (nSPS) is 10.2. The second kappa shape index (κ2) is 7.63. The Labute approximate surface area is 149 Å². The standard InChI is InChI=1S/C18H15ClN4O2/c1-25-17(24)12-6-8-13(9-7-12)21-16-10-11-20-18(23-16)22-15-5-3-2-4-14(15)19/h2-11H,1H3,(H2,20,21,22,23). The van der Waals surface area contributed by atoms with Crippen molar-refractivity contribution in [1.29, 1.82) is 0 Å². The molecule has 2 aromatic carbocycles. The predicted octanol–water partition coefficient (Wildman–Crippen LogP) is 4.40. The number of ether oxygens (including phenoxy) is 1. The average molecular weight is 355 g/mol. The Morgan fingerprint density at radius 1 is 1.04 bits per heavy atom. The minimum Gasteiger partial charge on any atom is -0.465 e. The third kappa shape index (κ3) is 4.24. The Hall–Kier alpha value is -3.12. The van der Waals surface area contributed by atoms with Gasteiger partial charge in [-0.05, 0) is 42.5 Å². The molecule has 0 aliphatic rings. The van der Waals surface area contributed by atoms with E-state index in [1.54, 1.807) is 42.6 Å². The predicted molar refractivity (Wildman–Crippen MR) is 97.8 cm³/mol. The van der Waals surface area contributed by atoms with Crippen LogP contribution in [0.2, 0.25) is 5.02 Å². The van der Waals surface area contributed by atoms with Gasteiger partial charge >= 0.3 is 5.97 Å². The van der Waals surface area contributed by atoms with Crippen molar-refractivity contribution in [3.05, 3.63) is 71.4 Å². The number of esters is 1. The molecule has 0 bridgehead atoms. The van der Waals surface area contributed by atoms with Gasteiger partial charge in [0.05, 0.1) is 23.4 Å². The zero-order chi connectivity index (χ0) is 17.6. The molecule has 0 amide bonds. The number of benzene rings is 2. The van der Waals surface area contributed by atoms with Crippen LogP contribution in [0.5, 0.6) is 0 Å². The van der Waals surface area contributed by atoms with Gasteiger partial charge in [0.1, 0.15) is 5.82 Å². The average Bonchev–Trinajstić information content (AvgIpc) is 2.64. The minimum absolute atomic E-state index is 0.375. The summed E-state index contributed by atoms with van der Waals surface area (Å²) in [5.74, 6) is 0.652. The van der Waals surface area contributed by atoms with Crippen molar-refractivity contribution in [2.45, 2.75) is 0 Å². The van der Waals surface area contributed by atoms with E-state index in [1.807, 2.05) is 18.2 Å². The Bertz CT molecular complexity index is 884. The van der Waals surface area contributed by atoms with Crippen molar-refractivity contribution < 1.29 is 9.53 Å². The SMILES string of the molecule is COC(=O)c1ccc(Nc2ccnc(Nc3ccccc3Cl)n2)cc1. The first kappa shape index (κ1) is 16.7. The lowest BCUT2D eigenvalue weighted by molar-refractivity contribution is 0.0601. The van der Waals surface area contributed by atoms with Crippen LogP contribution in [0, 0.1) is 0 Å². The smallest absolute Gasteiger partial charge is 0.337 e. The highest BCUT2D eigenvalue weighted by atomic mass is 35.5. The van der Waals surface area contributed by atoms with Crippen LogP contribution in [0.15, 0.2) is 60.8 Å². The molecule has 126 valence electrons. The number of nitrogens with zero attached hydrogens (tertiary/aromatic N) is 2. The third-order valence-corrected chi connectivity index (χ3v) is 3.68. The molecular weight excluding hydrogens is 340 g/mol. The number of halogens is 1. The van der Waals surface area contributed by atoms with Crippen molar-refractivity contribution in [2.24, 2.45) is 0 Å². The van der Waals surface area contributed by atoms with Crippen molar-refractivity contribution in [2.75, 3.05) is 17.7 Å². The molecule has 1 heterocycles. The lowest BCUT2D eigenvalue weighted by Gasteiger charge is -2.09. The topological polar surface area (TPSA) is 76.1 Å². The molecule has 2 N–H and O–H groups in total. The van der Waals surface area contributed by atoms with E-state index in [9.17, 15) is 4.79 Å². The lowest BCUT2D eigenvalue weighted by Crippen LogP contribution is -2.02. The Balaban J connectivity index is 1.73. The monoisotopic (exact) mass is 354 g/mol. The van der Waals surface area contributed by atoms with Gasteiger partial charge in [-0.15, -0.1) is 0 Å². The largest absolute Gasteiger partial charge is 0.465 e. The third-order valence-electron chi connectivity index (χ3n) is 3.35. The van der Waals surface area contributed by atoms with E-state index in [2.05, 4.69) is 25.3 Å². The van der Waals surface area contributed by atoms with Gasteiger partial charge in [0.15, 0.2) is 0 Å². The van der Waals surface area contributed by atoms with Crippen LogP contribution < -0.4 is 10.6 Å². The van der Waals surface area contributed by atoms with Crippen LogP contribution in [0.3, 0.4) is 0 Å². The van der Waals surface area contributed by atoms with Gasteiger partial charge in [0.25, 0.3) is 0 Å². The fourth-order valence-corrected chi connectivity index (χ4v) is 2.31. The number of anilines is 4. The molecule has 25 heavy (non-hydrogen) atoms. The van der Waals surface area contributed by atoms with E-state index in [0.717, 1.165) is 11.4 Å². The van der Waals surface area contributed by atoms with E-state index in [0.29, 0.717) is 22.4 Å². The molecule has 0 aliphatic carbocycles. The van der Waals surface area contributed by atoms with Crippen LogP contribution in [-0.2, 0) is 4.74 Å². The first-order chi connectivity index (χ1) is 12.2. The summed E-state index contributed by atoms with van der Waals surface area (Å²) in [6.45, 7) is 0. The minimum atomic E-state index is -0.375. The van der Waals surface area contributed by atoms with Gasteiger partial charge < -0.3 is 15.4 Å². The summed E-state index contributed by atoms with van der Waals surface area (Å²) < 4.78 is 4.68. The molecule has 0 spiro atoms. The van der Waals surface area contributed by atoms with E-state index >= 15 is 0 Å². The number of nitrogens with one attached hydrogen (secondary N) is 2. The van der Waals surface area contributed by atoms with Gasteiger partial charge in [-0.25, -0.2) is 9.78 Å². The van der Waals surface area contributed by atoms with Gasteiger partial charge in [0.2, 0.25) is 5.95 Å². The van der Waals surface area contributed by atoms with E-state index in [-0.39, 0.29) is 5.97 Å². The first-order valence-electron chi connectivity index (χ1n) is 7.46. The number of methoxy groups -OCH3 is 1. The van der Waals surface area contributed by atoms with Gasteiger partial charge in [-0.1, -0.05) is 23.7 Å². The Kier molecular flexibility index (Phi) is 5.11. The van der Waals surface area contributed by atoms with Crippen molar-refractivity contribution in [3.8, 4) is 0 Å². The maximum atomic E-state index is 11.4. The number of hydrogen-bond acceptors (Lipinski definition) is 6. The molecule has 1 aromatic heterocycles. The van der Waals surface area contributed by atoms with E-state index in [4.69, 9.17) is 11.6 Å². The van der Waals surface area contributed by atoms with Crippen molar-refractivity contribution in [3.63, 3.8) is 0 Å². The van der Waals surface area contributed by atoms with Crippen molar-refractivity contribution >= 4 is 40.7 Å². The summed E-state index contributed by atoms with van der Waals surface area (Å²) in [5.41, 5.74) is 2.00. The van der Waals surface area contributed by atoms with Crippen LogP contribution in [0.1, 0.15) is 10.4 Å². The van der Waals surface area contributed by atoms with Crippen LogP contribution in [-0.4, -0.2) is 23.0 Å². The fraction of sp³-hybridized carbons (Fsp3) is 0.0556. The number of hydrogen-bond donors (Lipinski definition) is 2. The second-order valence-corrected chi connectivity index (χ2v) is 5.47. The summed E-state index contributed by atoms with van der Waals surface area (Å²) >= 11 is 6.12. The molecule has 0 saturated carbocycles. The molecule has 0 unspecified atom stereocenters. The highest BCUT2D eigenvalue weighted by molar-refractivity contribution is 6.33. The zero-order valence-electron chi connectivity index (χ0n) is 13.4. The number of carbonyl (C=O) groups excluding carboxylic acids is 1. The molecule has 6 nitrogen and oxygen atoms in total. The summed E-state index contributed by atoms with van der Waals surface area (Å²) in [6.07, 6.45) is 1.64. The number of para-hydroxylation sites is 1. The summed E-state index contributed by atoms with van der Waals surface area (Å²) in [5, 5.41) is 6.81. The zero-order valence-corrected chi connectivity index (χ0v) is 14.1. The fourth-order valence-electron chi connectivity index (χ4n) is 2.13. The molecule has 7 heteroatoms. The molecule has 0 saturated heterocycles. The molecule has 3 rings (SSSR count). The maximum absolute atomic E-state index is 11.4. The number of rotatable bonds is 5. The number of carbonyl (C=O) groups is 1. The van der Waals surface area contributed by atoms with Gasteiger partial charge in [-0.2, -0.15) is 4.98 Å². The molecule has 3 aromatic rings. The summed E-state index contributed by atoms with van der Waals surface area (Å²) in [7, 11) is 1.35. The van der Waals surface area contributed by atoms with E-state index in [1.165, 1.54) is 7.11 Å². The summed E-state index contributed by atoms with van der Waals surface area (Å²) in [4.78, 5) is 20.0. The number of aromatic nitrogens is 2. The quantitative estimate of drug-likeness (QED) is 0.661. The van der Waals surface area contributed by atoms with E-state index < -0.39 is 0 Å². The maximum Gasteiger partial charge on any atom is 0.337 e. The highest BCUT2D eigenvalue weighted by Crippen LogP contribution is 2.24. The Morgan fingerprint density at radius 3 is 2.52 bits per heavy atom. The highest BCUT2D eigenvalue weighted by Gasteiger charge is 2.06. The first-order valence-corrected chi connectivity index (χ1v) is 7.83.